The van der Waals surface area contributed by atoms with E-state index in [0.717, 1.165) is 12.5 Å². The second-order valence-electron chi connectivity index (χ2n) is 8.87. The standard InChI is InChI=1S/C18H28N2/c1-16-7-14-8-17(2,11-16)13-18(9-14,12-16)19-10-15-5-4-6-20(15)3/h4-6,14,19H,7-13H2,1-3H3. The largest absolute Gasteiger partial charge is 0.353 e. The summed E-state index contributed by atoms with van der Waals surface area (Å²) in [5, 5.41) is 4.00. The van der Waals surface area contributed by atoms with Crippen LogP contribution in [-0.2, 0) is 13.6 Å². The van der Waals surface area contributed by atoms with Gasteiger partial charge in [0, 0.05) is 31.0 Å². The van der Waals surface area contributed by atoms with Crippen molar-refractivity contribution in [2.45, 2.75) is 64.5 Å². The van der Waals surface area contributed by atoms with Crippen LogP contribution in [0.5, 0.6) is 0 Å². The molecule has 1 aromatic rings. The van der Waals surface area contributed by atoms with Crippen LogP contribution in [0, 0.1) is 16.7 Å². The van der Waals surface area contributed by atoms with Crippen LogP contribution in [0.1, 0.15) is 58.1 Å². The lowest BCUT2D eigenvalue weighted by Gasteiger charge is -2.65. The second-order valence-corrected chi connectivity index (χ2v) is 8.87. The maximum absolute atomic E-state index is 4.00. The average Bonchev–Trinajstić information content (AvgIpc) is 2.67. The summed E-state index contributed by atoms with van der Waals surface area (Å²) < 4.78 is 2.25. The van der Waals surface area contributed by atoms with Crippen molar-refractivity contribution in [3.8, 4) is 0 Å². The van der Waals surface area contributed by atoms with Gasteiger partial charge in [0.2, 0.25) is 0 Å². The van der Waals surface area contributed by atoms with Crippen LogP contribution in [0.3, 0.4) is 0 Å². The molecule has 4 bridgehead atoms. The van der Waals surface area contributed by atoms with E-state index in [0.29, 0.717) is 16.4 Å². The van der Waals surface area contributed by atoms with Crippen molar-refractivity contribution < 1.29 is 0 Å². The van der Waals surface area contributed by atoms with Crippen molar-refractivity contribution in [1.82, 2.24) is 9.88 Å². The van der Waals surface area contributed by atoms with E-state index in [1.807, 2.05) is 0 Å². The minimum Gasteiger partial charge on any atom is -0.353 e. The van der Waals surface area contributed by atoms with Crippen LogP contribution in [0.4, 0.5) is 0 Å². The number of nitrogens with zero attached hydrogens (tertiary/aromatic N) is 1. The molecule has 20 heavy (non-hydrogen) atoms. The van der Waals surface area contributed by atoms with Gasteiger partial charge in [0.25, 0.3) is 0 Å². The maximum Gasteiger partial charge on any atom is 0.0364 e. The molecular formula is C18H28N2. The third kappa shape index (κ3) is 1.95. The van der Waals surface area contributed by atoms with Gasteiger partial charge in [-0.15, -0.1) is 0 Å². The lowest BCUT2D eigenvalue weighted by molar-refractivity contribution is -0.118. The number of nitrogens with one attached hydrogen (secondary N) is 1. The monoisotopic (exact) mass is 272 g/mol. The molecule has 0 aromatic carbocycles. The van der Waals surface area contributed by atoms with Crippen molar-refractivity contribution in [3.63, 3.8) is 0 Å². The molecule has 5 rings (SSSR count). The molecule has 0 amide bonds. The molecular weight excluding hydrogens is 244 g/mol. The molecule has 4 aliphatic rings. The lowest BCUT2D eigenvalue weighted by Crippen LogP contribution is -2.63. The molecule has 1 heterocycles. The number of rotatable bonds is 3. The number of hydrogen-bond donors (Lipinski definition) is 1. The Labute approximate surface area is 122 Å². The van der Waals surface area contributed by atoms with Gasteiger partial charge in [0.05, 0.1) is 0 Å². The first-order valence-corrected chi connectivity index (χ1v) is 8.25. The van der Waals surface area contributed by atoms with Crippen LogP contribution in [-0.4, -0.2) is 10.1 Å². The van der Waals surface area contributed by atoms with E-state index in [9.17, 15) is 0 Å². The minimum absolute atomic E-state index is 0.424. The highest BCUT2D eigenvalue weighted by atomic mass is 15.0. The molecule has 2 nitrogen and oxygen atoms in total. The zero-order valence-electron chi connectivity index (χ0n) is 13.2. The molecule has 1 aromatic heterocycles. The molecule has 4 aliphatic carbocycles. The Hall–Kier alpha value is -0.760. The quantitative estimate of drug-likeness (QED) is 0.884. The summed E-state index contributed by atoms with van der Waals surface area (Å²) in [6.07, 6.45) is 10.8. The molecule has 4 saturated carbocycles. The van der Waals surface area contributed by atoms with Gasteiger partial charge in [-0.2, -0.15) is 0 Å². The highest BCUT2D eigenvalue weighted by Crippen LogP contribution is 2.66. The predicted molar refractivity (Wildman–Crippen MR) is 82.4 cm³/mol. The van der Waals surface area contributed by atoms with Gasteiger partial charge < -0.3 is 9.88 Å². The SMILES string of the molecule is Cn1cccc1CNC12CC3CC(C)(CC(C)(C3)C1)C2. The molecule has 2 heteroatoms. The third-order valence-electron chi connectivity index (χ3n) is 6.32. The topological polar surface area (TPSA) is 17.0 Å². The Bertz CT molecular complexity index is 511. The van der Waals surface area contributed by atoms with Gasteiger partial charge in [0.1, 0.15) is 0 Å². The van der Waals surface area contributed by atoms with E-state index in [1.54, 1.807) is 0 Å². The van der Waals surface area contributed by atoms with Crippen molar-refractivity contribution in [1.29, 1.82) is 0 Å². The van der Waals surface area contributed by atoms with Crippen LogP contribution < -0.4 is 5.32 Å². The predicted octanol–water partition coefficient (Wildman–Crippen LogP) is 3.86. The third-order valence-corrected chi connectivity index (χ3v) is 6.32. The van der Waals surface area contributed by atoms with E-state index in [-0.39, 0.29) is 0 Å². The maximum atomic E-state index is 4.00. The summed E-state index contributed by atoms with van der Waals surface area (Å²) in [6, 6.07) is 4.40. The molecule has 2 atom stereocenters. The van der Waals surface area contributed by atoms with E-state index in [2.05, 4.69) is 49.1 Å². The molecule has 0 saturated heterocycles. The smallest absolute Gasteiger partial charge is 0.0364 e. The normalized spacial score (nSPS) is 46.0. The molecule has 0 aliphatic heterocycles. The summed E-state index contributed by atoms with van der Waals surface area (Å²) in [6.45, 7) is 6.13. The van der Waals surface area contributed by atoms with Crippen LogP contribution in [0.25, 0.3) is 0 Å². The summed E-state index contributed by atoms with van der Waals surface area (Å²) in [5.41, 5.74) is 3.05. The van der Waals surface area contributed by atoms with Crippen LogP contribution >= 0.6 is 0 Å². The fourth-order valence-electron chi connectivity index (χ4n) is 6.60. The van der Waals surface area contributed by atoms with E-state index in [4.69, 9.17) is 0 Å². The minimum atomic E-state index is 0.424. The van der Waals surface area contributed by atoms with Gasteiger partial charge in [-0.3, -0.25) is 0 Å². The van der Waals surface area contributed by atoms with Crippen molar-refractivity contribution in [3.05, 3.63) is 24.0 Å². The molecule has 4 fully saturated rings. The Morgan fingerprint density at radius 3 is 2.40 bits per heavy atom. The molecule has 2 unspecified atom stereocenters. The van der Waals surface area contributed by atoms with Crippen LogP contribution in [0.2, 0.25) is 0 Å². The fourth-order valence-corrected chi connectivity index (χ4v) is 6.60. The van der Waals surface area contributed by atoms with Crippen LogP contribution in [0.15, 0.2) is 18.3 Å². The van der Waals surface area contributed by atoms with Gasteiger partial charge >= 0.3 is 0 Å². The molecule has 0 radical (unpaired) electrons. The van der Waals surface area contributed by atoms with Crippen molar-refractivity contribution >= 4 is 0 Å². The van der Waals surface area contributed by atoms with E-state index < -0.39 is 0 Å². The van der Waals surface area contributed by atoms with Crippen molar-refractivity contribution in [2.24, 2.45) is 23.8 Å². The first-order chi connectivity index (χ1) is 9.40. The summed E-state index contributed by atoms with van der Waals surface area (Å²) >= 11 is 0. The highest BCUT2D eigenvalue weighted by Gasteiger charge is 2.59. The summed E-state index contributed by atoms with van der Waals surface area (Å²) in [5.74, 6) is 0.974. The zero-order valence-corrected chi connectivity index (χ0v) is 13.2. The Morgan fingerprint density at radius 1 is 1.15 bits per heavy atom. The Kier molecular flexibility index (Phi) is 2.53. The molecule has 0 spiro atoms. The van der Waals surface area contributed by atoms with Gasteiger partial charge in [-0.25, -0.2) is 0 Å². The first-order valence-electron chi connectivity index (χ1n) is 8.25. The zero-order chi connectivity index (χ0) is 14.0. The number of aryl methyl sites for hydroxylation is 1. The van der Waals surface area contributed by atoms with Gasteiger partial charge in [-0.1, -0.05) is 13.8 Å². The van der Waals surface area contributed by atoms with E-state index >= 15 is 0 Å². The summed E-state index contributed by atoms with van der Waals surface area (Å²) in [7, 11) is 2.15. The molecule has 110 valence electrons. The van der Waals surface area contributed by atoms with E-state index in [1.165, 1.54) is 44.2 Å². The molecule has 1 N–H and O–H groups in total. The Balaban J connectivity index is 1.56. The van der Waals surface area contributed by atoms with Crippen molar-refractivity contribution in [2.75, 3.05) is 0 Å². The highest BCUT2D eigenvalue weighted by molar-refractivity contribution is 5.15. The summed E-state index contributed by atoms with van der Waals surface area (Å²) in [4.78, 5) is 0. The fraction of sp³-hybridized carbons (Fsp3) is 0.778. The lowest BCUT2D eigenvalue weighted by atomic mass is 9.43. The van der Waals surface area contributed by atoms with Gasteiger partial charge in [0.15, 0.2) is 0 Å². The van der Waals surface area contributed by atoms with Gasteiger partial charge in [-0.05, 0) is 67.4 Å². The Morgan fingerprint density at radius 2 is 1.85 bits per heavy atom. The number of hydrogen-bond acceptors (Lipinski definition) is 1. The average molecular weight is 272 g/mol. The second kappa shape index (κ2) is 3.91. The number of aromatic nitrogens is 1. The first kappa shape index (κ1) is 12.9.